The number of aromatic nitrogens is 3. The Hall–Kier alpha value is -3.73. The number of hydrogen-bond acceptors (Lipinski definition) is 5. The van der Waals surface area contributed by atoms with Gasteiger partial charge in [0.25, 0.3) is 0 Å². The number of benzene rings is 2. The molecule has 0 aliphatic heterocycles. The lowest BCUT2D eigenvalue weighted by molar-refractivity contribution is 0.553. The smallest absolute Gasteiger partial charge is 0.354 e. The Morgan fingerprint density at radius 3 is 2.62 bits per heavy atom. The number of aromatic amines is 1. The Morgan fingerprint density at radius 2 is 1.93 bits per heavy atom. The molecule has 1 unspecified atom stereocenters. The van der Waals surface area contributed by atoms with Gasteiger partial charge in [0, 0.05) is 35.8 Å². The van der Waals surface area contributed by atoms with Gasteiger partial charge in [-0.2, -0.15) is 4.98 Å². The van der Waals surface area contributed by atoms with E-state index in [1.165, 1.54) is 4.57 Å². The topological polar surface area (TPSA) is 151 Å². The third-order valence-electron chi connectivity index (χ3n) is 6.71. The van der Waals surface area contributed by atoms with Gasteiger partial charge in [-0.1, -0.05) is 23.7 Å². The van der Waals surface area contributed by atoms with E-state index in [2.05, 4.69) is 20.6 Å². The van der Waals surface area contributed by atoms with Gasteiger partial charge < -0.3 is 27.1 Å². The summed E-state index contributed by atoms with van der Waals surface area (Å²) in [6.45, 7) is 5.37. The van der Waals surface area contributed by atoms with Crippen molar-refractivity contribution in [3.63, 3.8) is 0 Å². The number of nitrogens with zero attached hydrogens (tertiary/aromatic N) is 2. The lowest BCUT2D eigenvalue weighted by Crippen LogP contribution is -2.38. The van der Waals surface area contributed by atoms with E-state index in [9.17, 15) is 4.79 Å². The summed E-state index contributed by atoms with van der Waals surface area (Å²) in [5, 5.41) is 14.2. The van der Waals surface area contributed by atoms with Crippen LogP contribution in [-0.2, 0) is 13.0 Å². The van der Waals surface area contributed by atoms with Gasteiger partial charge in [-0.15, -0.1) is 0 Å². The molecule has 0 radical (unpaired) electrons. The number of halogens is 2. The van der Waals surface area contributed by atoms with E-state index in [1.807, 2.05) is 38.1 Å². The van der Waals surface area contributed by atoms with Crippen molar-refractivity contribution < 1.29 is 4.39 Å². The highest BCUT2D eigenvalue weighted by atomic mass is 35.5. The second kappa shape index (κ2) is 13.1. The quantitative estimate of drug-likeness (QED) is 0.0859. The number of nitrogens with two attached hydrogens (primary N) is 2. The van der Waals surface area contributed by atoms with Crippen molar-refractivity contribution in [3.05, 3.63) is 81.1 Å². The van der Waals surface area contributed by atoms with Crippen molar-refractivity contribution in [3.8, 4) is 16.9 Å². The normalized spacial score (nSPS) is 12.9. The van der Waals surface area contributed by atoms with E-state index < -0.39 is 11.5 Å². The number of rotatable bonds is 12. The van der Waals surface area contributed by atoms with Gasteiger partial charge in [0.1, 0.15) is 5.65 Å². The maximum absolute atomic E-state index is 15.0. The molecule has 212 valence electrons. The van der Waals surface area contributed by atoms with Crippen molar-refractivity contribution in [1.82, 2.24) is 25.2 Å². The van der Waals surface area contributed by atoms with Crippen LogP contribution in [0.1, 0.15) is 44.2 Å². The fourth-order valence-electron chi connectivity index (χ4n) is 4.60. The Balaban J connectivity index is 1.49. The molecule has 2 heterocycles. The van der Waals surface area contributed by atoms with Crippen molar-refractivity contribution in [2.75, 3.05) is 6.54 Å². The molecule has 9 nitrogen and oxygen atoms in total. The first-order valence-electron chi connectivity index (χ1n) is 13.4. The minimum atomic E-state index is -0.520. The predicted octanol–water partition coefficient (Wildman–Crippen LogP) is 4.19. The van der Waals surface area contributed by atoms with E-state index in [0.29, 0.717) is 34.5 Å². The zero-order chi connectivity index (χ0) is 28.8. The summed E-state index contributed by atoms with van der Waals surface area (Å²) in [4.78, 5) is 20.1. The number of aryl methyl sites for hydroxylation is 1. The molecular weight excluding hydrogens is 531 g/mol. The minimum absolute atomic E-state index is 0.0311. The van der Waals surface area contributed by atoms with E-state index in [-0.39, 0.29) is 23.1 Å². The summed E-state index contributed by atoms with van der Waals surface area (Å²) >= 11 is 6.22. The highest BCUT2D eigenvalue weighted by Gasteiger charge is 2.15. The summed E-state index contributed by atoms with van der Waals surface area (Å²) in [7, 11) is 0. The molecule has 2 aromatic heterocycles. The molecule has 8 N–H and O–H groups in total. The number of guanidine groups is 1. The number of hydrogen-bond donors (Lipinski definition) is 6. The predicted molar refractivity (Wildman–Crippen MR) is 160 cm³/mol. The van der Waals surface area contributed by atoms with Crippen LogP contribution in [0, 0.1) is 11.2 Å². The third-order valence-corrected chi connectivity index (χ3v) is 6.99. The maximum atomic E-state index is 15.0. The zero-order valence-electron chi connectivity index (χ0n) is 22.7. The Labute approximate surface area is 237 Å². The molecule has 4 aromatic rings. The summed E-state index contributed by atoms with van der Waals surface area (Å²) in [5.74, 6) is -0.551. The molecule has 0 amide bonds. The molecule has 0 aliphatic carbocycles. The molecule has 0 bridgehead atoms. The van der Waals surface area contributed by atoms with E-state index in [0.717, 1.165) is 43.4 Å². The van der Waals surface area contributed by atoms with Gasteiger partial charge in [-0.05, 0) is 87.5 Å². The summed E-state index contributed by atoms with van der Waals surface area (Å²) < 4.78 is 16.5. The van der Waals surface area contributed by atoms with Crippen LogP contribution in [0.3, 0.4) is 0 Å². The first-order chi connectivity index (χ1) is 19.1. The van der Waals surface area contributed by atoms with Crippen molar-refractivity contribution in [1.29, 1.82) is 5.41 Å². The molecular formula is C29H36ClFN8O. The molecule has 4 rings (SSSR count). The van der Waals surface area contributed by atoms with E-state index in [1.54, 1.807) is 24.4 Å². The van der Waals surface area contributed by atoms with Crippen molar-refractivity contribution >= 4 is 28.6 Å². The van der Waals surface area contributed by atoms with E-state index >= 15 is 4.39 Å². The monoisotopic (exact) mass is 566 g/mol. The average Bonchev–Trinajstić information content (AvgIpc) is 3.30. The SMILES string of the molecule is CC(CCNCc1ccc(-n2cc3cc(-c4cc(CCC[C@H](C)N)cc(Cl)c4F)[nH]c3nc2=O)cc1)NC(=N)N. The fraction of sp³-hybridized carbons (Fsp3) is 0.345. The second-order valence-electron chi connectivity index (χ2n) is 10.3. The number of nitrogens with one attached hydrogen (secondary N) is 4. The number of fused-ring (bicyclic) bond motifs is 1. The molecule has 40 heavy (non-hydrogen) atoms. The highest BCUT2D eigenvalue weighted by molar-refractivity contribution is 6.31. The van der Waals surface area contributed by atoms with Crippen molar-refractivity contribution in [2.24, 2.45) is 11.5 Å². The van der Waals surface area contributed by atoms with Crippen LogP contribution in [-0.4, -0.2) is 39.1 Å². The van der Waals surface area contributed by atoms with Gasteiger partial charge in [0.05, 0.1) is 16.4 Å². The van der Waals surface area contributed by atoms with Crippen LogP contribution in [0.25, 0.3) is 28.0 Å². The number of H-pyrrole nitrogens is 1. The van der Waals surface area contributed by atoms with Crippen molar-refractivity contribution in [2.45, 2.75) is 58.2 Å². The van der Waals surface area contributed by atoms with Gasteiger partial charge in [-0.3, -0.25) is 9.98 Å². The van der Waals surface area contributed by atoms with Gasteiger partial charge in [0.15, 0.2) is 11.8 Å². The minimum Gasteiger partial charge on any atom is -0.370 e. The molecule has 11 heteroatoms. The van der Waals surface area contributed by atoms with Crippen LogP contribution < -0.4 is 27.8 Å². The average molecular weight is 567 g/mol. The fourth-order valence-corrected chi connectivity index (χ4v) is 4.84. The summed E-state index contributed by atoms with van der Waals surface area (Å²) in [6.07, 6.45) is 5.00. The third kappa shape index (κ3) is 7.47. The first kappa shape index (κ1) is 29.3. The lowest BCUT2D eigenvalue weighted by Gasteiger charge is -2.14. The Bertz CT molecular complexity index is 1530. The standard InChI is InChI=1S/C29H36ClFN8O/c1-17(32)4-3-5-20-12-23(26(31)24(30)13-20)25-14-21-16-39(29(40)38-27(21)37-25)22-8-6-19(7-9-22)15-35-11-10-18(2)36-28(33)34/h6-9,12-14,16-18,35H,3-5,10-11,15,32H2,1-2H3,(H4,33,34,36)(H,37,38,40)/t17-,18?/m0/s1. The van der Waals surface area contributed by atoms with Crippen LogP contribution >= 0.6 is 11.6 Å². The van der Waals surface area contributed by atoms with Gasteiger partial charge in [0.2, 0.25) is 0 Å². The van der Waals surface area contributed by atoms with Crippen LogP contribution in [0.15, 0.2) is 53.5 Å². The zero-order valence-corrected chi connectivity index (χ0v) is 23.5. The molecule has 0 spiro atoms. The van der Waals surface area contributed by atoms with Crippen LogP contribution in [0.5, 0.6) is 0 Å². The molecule has 0 saturated carbocycles. The Morgan fingerprint density at radius 1 is 1.18 bits per heavy atom. The second-order valence-corrected chi connectivity index (χ2v) is 10.7. The maximum Gasteiger partial charge on any atom is 0.354 e. The molecule has 0 saturated heterocycles. The largest absolute Gasteiger partial charge is 0.370 e. The first-order valence-corrected chi connectivity index (χ1v) is 13.8. The van der Waals surface area contributed by atoms with Crippen LogP contribution in [0.4, 0.5) is 4.39 Å². The lowest BCUT2D eigenvalue weighted by atomic mass is 10.0. The van der Waals surface area contributed by atoms with Gasteiger partial charge >= 0.3 is 5.69 Å². The summed E-state index contributed by atoms with van der Waals surface area (Å²) in [6, 6.07) is 13.1. The molecule has 2 aromatic carbocycles. The summed E-state index contributed by atoms with van der Waals surface area (Å²) in [5.41, 5.74) is 14.6. The highest BCUT2D eigenvalue weighted by Crippen LogP contribution is 2.31. The Kier molecular flexibility index (Phi) is 9.57. The molecule has 0 fully saturated rings. The van der Waals surface area contributed by atoms with E-state index in [4.69, 9.17) is 28.5 Å². The van der Waals surface area contributed by atoms with Crippen LogP contribution in [0.2, 0.25) is 5.02 Å². The van der Waals surface area contributed by atoms with Gasteiger partial charge in [-0.25, -0.2) is 9.18 Å². The molecule has 0 aliphatic rings. The molecule has 2 atom stereocenters.